The van der Waals surface area contributed by atoms with E-state index in [9.17, 15) is 9.59 Å². The van der Waals surface area contributed by atoms with Gasteiger partial charge < -0.3 is 15.3 Å². The monoisotopic (exact) mass is 210 g/mol. The topological polar surface area (TPSA) is 94.8 Å². The van der Waals surface area contributed by atoms with E-state index in [0.717, 1.165) is 0 Å². The molecule has 0 bridgehead atoms. The van der Waals surface area contributed by atoms with Gasteiger partial charge in [-0.05, 0) is 18.6 Å². The molecule has 0 heterocycles. The number of rotatable bonds is 3. The van der Waals surface area contributed by atoms with Crippen molar-refractivity contribution in [1.29, 1.82) is 0 Å². The SMILES string of the molecule is Cc1ccc(C(=O)O)c(CO)c1C(=O)O. The Morgan fingerprint density at radius 1 is 1.20 bits per heavy atom. The van der Waals surface area contributed by atoms with Crippen molar-refractivity contribution in [3.63, 3.8) is 0 Å². The van der Waals surface area contributed by atoms with Gasteiger partial charge in [-0.15, -0.1) is 0 Å². The summed E-state index contributed by atoms with van der Waals surface area (Å²) >= 11 is 0. The molecule has 0 aliphatic heterocycles. The average molecular weight is 210 g/mol. The third kappa shape index (κ3) is 1.97. The summed E-state index contributed by atoms with van der Waals surface area (Å²) in [6.45, 7) is 0.944. The number of carbonyl (C=O) groups is 2. The Kier molecular flexibility index (Phi) is 3.06. The molecule has 5 heteroatoms. The highest BCUT2D eigenvalue weighted by Crippen LogP contribution is 2.19. The molecule has 0 saturated carbocycles. The molecule has 1 rings (SSSR count). The van der Waals surface area contributed by atoms with Gasteiger partial charge in [0.2, 0.25) is 0 Å². The van der Waals surface area contributed by atoms with Gasteiger partial charge >= 0.3 is 11.9 Å². The molecule has 3 N–H and O–H groups in total. The Balaban J connectivity index is 3.54. The minimum absolute atomic E-state index is 0.0602. The van der Waals surface area contributed by atoms with Gasteiger partial charge in [-0.25, -0.2) is 9.59 Å². The molecule has 0 amide bonds. The minimum atomic E-state index is -1.25. The van der Waals surface area contributed by atoms with Crippen LogP contribution < -0.4 is 0 Å². The number of hydrogen-bond donors (Lipinski definition) is 3. The van der Waals surface area contributed by atoms with Crippen LogP contribution in [0.2, 0.25) is 0 Å². The van der Waals surface area contributed by atoms with Gasteiger partial charge in [0.1, 0.15) is 0 Å². The molecule has 5 nitrogen and oxygen atoms in total. The Morgan fingerprint density at radius 2 is 1.80 bits per heavy atom. The number of carboxylic acid groups (broad SMARTS) is 2. The first-order chi connectivity index (χ1) is 6.99. The second kappa shape index (κ2) is 4.10. The zero-order chi connectivity index (χ0) is 11.6. The van der Waals surface area contributed by atoms with E-state index >= 15 is 0 Å². The summed E-state index contributed by atoms with van der Waals surface area (Å²) in [7, 11) is 0. The van der Waals surface area contributed by atoms with Crippen molar-refractivity contribution >= 4 is 11.9 Å². The second-order valence-electron chi connectivity index (χ2n) is 3.05. The highest BCUT2D eigenvalue weighted by molar-refractivity contribution is 5.97. The first kappa shape index (κ1) is 11.2. The lowest BCUT2D eigenvalue weighted by Gasteiger charge is -2.09. The minimum Gasteiger partial charge on any atom is -0.478 e. The predicted molar refractivity (Wildman–Crippen MR) is 51.0 cm³/mol. The Morgan fingerprint density at radius 3 is 2.20 bits per heavy atom. The maximum atomic E-state index is 10.9. The summed E-state index contributed by atoms with van der Waals surface area (Å²) in [5.41, 5.74) is 0.0458. The average Bonchev–Trinajstić information content (AvgIpc) is 2.15. The highest BCUT2D eigenvalue weighted by Gasteiger charge is 2.19. The normalized spacial score (nSPS) is 10.0. The van der Waals surface area contributed by atoms with Gasteiger partial charge in [0.15, 0.2) is 0 Å². The quantitative estimate of drug-likeness (QED) is 0.688. The van der Waals surface area contributed by atoms with E-state index in [1.165, 1.54) is 12.1 Å². The maximum Gasteiger partial charge on any atom is 0.336 e. The van der Waals surface area contributed by atoms with Crippen molar-refractivity contribution in [1.82, 2.24) is 0 Å². The predicted octanol–water partition coefficient (Wildman–Crippen LogP) is 0.884. The summed E-state index contributed by atoms with van der Waals surface area (Å²) in [6, 6.07) is 2.70. The van der Waals surface area contributed by atoms with E-state index in [0.29, 0.717) is 5.56 Å². The molecule has 0 unspecified atom stereocenters. The van der Waals surface area contributed by atoms with E-state index in [2.05, 4.69) is 0 Å². The summed E-state index contributed by atoms with van der Waals surface area (Å²) in [4.78, 5) is 21.6. The molecule has 0 aliphatic carbocycles. The fourth-order valence-electron chi connectivity index (χ4n) is 1.43. The summed E-state index contributed by atoms with van der Waals surface area (Å²) in [5.74, 6) is -2.48. The third-order valence-electron chi connectivity index (χ3n) is 2.12. The molecule has 0 fully saturated rings. The van der Waals surface area contributed by atoms with E-state index in [-0.39, 0.29) is 16.7 Å². The summed E-state index contributed by atoms with van der Waals surface area (Å²) < 4.78 is 0. The van der Waals surface area contributed by atoms with Crippen molar-refractivity contribution in [2.45, 2.75) is 13.5 Å². The van der Waals surface area contributed by atoms with Crippen molar-refractivity contribution < 1.29 is 24.9 Å². The Labute approximate surface area is 85.6 Å². The Hall–Kier alpha value is -1.88. The molecule has 15 heavy (non-hydrogen) atoms. The van der Waals surface area contributed by atoms with Gasteiger partial charge in [-0.1, -0.05) is 6.07 Å². The lowest BCUT2D eigenvalue weighted by Crippen LogP contribution is -2.11. The second-order valence-corrected chi connectivity index (χ2v) is 3.05. The molecule has 1 aromatic carbocycles. The molecule has 0 aromatic heterocycles. The standard InChI is InChI=1S/C10H10O5/c1-5-2-3-6(9(12)13)7(4-11)8(5)10(14)15/h2-3,11H,4H2,1H3,(H,12,13)(H,14,15). The molecule has 1 aromatic rings. The largest absolute Gasteiger partial charge is 0.478 e. The van der Waals surface area contributed by atoms with Crippen molar-refractivity contribution in [2.75, 3.05) is 0 Å². The van der Waals surface area contributed by atoms with Crippen LogP contribution in [0.5, 0.6) is 0 Å². The number of aliphatic hydroxyl groups is 1. The van der Waals surface area contributed by atoms with E-state index in [4.69, 9.17) is 15.3 Å². The van der Waals surface area contributed by atoms with Crippen LogP contribution in [0, 0.1) is 6.92 Å². The first-order valence-corrected chi connectivity index (χ1v) is 4.19. The number of aromatic carboxylic acids is 2. The molecule has 0 spiro atoms. The van der Waals surface area contributed by atoms with Crippen LogP contribution in [0.4, 0.5) is 0 Å². The van der Waals surface area contributed by atoms with Crippen LogP contribution >= 0.6 is 0 Å². The smallest absolute Gasteiger partial charge is 0.336 e. The number of aliphatic hydroxyl groups excluding tert-OH is 1. The fraction of sp³-hybridized carbons (Fsp3) is 0.200. The van der Waals surface area contributed by atoms with E-state index in [1.807, 2.05) is 0 Å². The lowest BCUT2D eigenvalue weighted by molar-refractivity contribution is 0.0690. The van der Waals surface area contributed by atoms with Gasteiger partial charge in [0, 0.05) is 5.56 Å². The van der Waals surface area contributed by atoms with Crippen LogP contribution in [0.3, 0.4) is 0 Å². The first-order valence-electron chi connectivity index (χ1n) is 4.19. The molecule has 0 radical (unpaired) electrons. The molecule has 0 atom stereocenters. The van der Waals surface area contributed by atoms with Crippen molar-refractivity contribution in [3.8, 4) is 0 Å². The highest BCUT2D eigenvalue weighted by atomic mass is 16.4. The molecule has 0 aliphatic rings. The van der Waals surface area contributed by atoms with Crippen LogP contribution in [0.1, 0.15) is 31.8 Å². The zero-order valence-electron chi connectivity index (χ0n) is 8.02. The van der Waals surface area contributed by atoms with Gasteiger partial charge in [0.05, 0.1) is 17.7 Å². The lowest BCUT2D eigenvalue weighted by atomic mass is 9.97. The van der Waals surface area contributed by atoms with Crippen molar-refractivity contribution in [2.24, 2.45) is 0 Å². The third-order valence-corrected chi connectivity index (χ3v) is 2.12. The van der Waals surface area contributed by atoms with Crippen LogP contribution in [-0.4, -0.2) is 27.3 Å². The number of carboxylic acids is 2. The van der Waals surface area contributed by atoms with Crippen molar-refractivity contribution in [3.05, 3.63) is 34.4 Å². The van der Waals surface area contributed by atoms with Crippen LogP contribution in [0.25, 0.3) is 0 Å². The molecular formula is C10H10O5. The number of aryl methyl sites for hydroxylation is 1. The number of benzene rings is 1. The molecule has 0 saturated heterocycles. The molecular weight excluding hydrogens is 200 g/mol. The zero-order valence-corrected chi connectivity index (χ0v) is 8.02. The van der Waals surface area contributed by atoms with E-state index < -0.39 is 18.5 Å². The van der Waals surface area contributed by atoms with Crippen LogP contribution in [0.15, 0.2) is 12.1 Å². The summed E-state index contributed by atoms with van der Waals surface area (Å²) in [5, 5.41) is 26.7. The van der Waals surface area contributed by atoms with Gasteiger partial charge in [0.25, 0.3) is 0 Å². The number of hydrogen-bond acceptors (Lipinski definition) is 3. The van der Waals surface area contributed by atoms with Gasteiger partial charge in [-0.3, -0.25) is 0 Å². The van der Waals surface area contributed by atoms with Crippen LogP contribution in [-0.2, 0) is 6.61 Å². The fourth-order valence-corrected chi connectivity index (χ4v) is 1.43. The Bertz CT molecular complexity index is 422. The van der Waals surface area contributed by atoms with E-state index in [1.54, 1.807) is 6.92 Å². The summed E-state index contributed by atoms with van der Waals surface area (Å²) in [6.07, 6.45) is 0. The molecule has 80 valence electrons. The maximum absolute atomic E-state index is 10.9. The van der Waals surface area contributed by atoms with Gasteiger partial charge in [-0.2, -0.15) is 0 Å².